The van der Waals surface area contributed by atoms with Crippen LogP contribution in [0.1, 0.15) is 17.4 Å². The number of nitrogens with two attached hydrogens (primary N) is 1. The Hall–Kier alpha value is -1.37. The Balaban J connectivity index is 2.51. The summed E-state index contributed by atoms with van der Waals surface area (Å²) in [5.41, 5.74) is 6.04. The molecule has 1 rings (SSSR count). The second-order valence-electron chi connectivity index (χ2n) is 3.22. The highest BCUT2D eigenvalue weighted by Gasteiger charge is 2.13. The Kier molecular flexibility index (Phi) is 3.84. The molecule has 4 N–H and O–H groups in total. The molecule has 0 aliphatic carbocycles. The van der Waals surface area contributed by atoms with Gasteiger partial charge >= 0.3 is 0 Å². The Morgan fingerprint density at radius 1 is 1.80 bits per heavy atom. The van der Waals surface area contributed by atoms with Gasteiger partial charge in [0, 0.05) is 28.9 Å². The van der Waals surface area contributed by atoms with Crippen molar-refractivity contribution < 1.29 is 9.00 Å². The Bertz CT molecular complexity index is 376. The van der Waals surface area contributed by atoms with E-state index in [1.54, 1.807) is 13.2 Å². The number of H-pyrrole nitrogens is 1. The first-order valence-corrected chi connectivity index (χ1v) is 6.03. The molecule has 1 aromatic rings. The molecule has 6 nitrogen and oxygen atoms in total. The normalized spacial score (nSPS) is 14.5. The largest absolute Gasteiger partial charge is 0.396 e. The van der Waals surface area contributed by atoms with E-state index in [9.17, 15) is 9.00 Å². The van der Waals surface area contributed by atoms with Gasteiger partial charge in [0.15, 0.2) is 0 Å². The molecule has 0 saturated carbocycles. The Labute approximate surface area is 90.1 Å². The zero-order valence-electron chi connectivity index (χ0n) is 8.61. The van der Waals surface area contributed by atoms with Crippen LogP contribution in [0.4, 0.5) is 5.69 Å². The van der Waals surface area contributed by atoms with Gasteiger partial charge in [-0.15, -0.1) is 0 Å². The van der Waals surface area contributed by atoms with Crippen molar-refractivity contribution in [2.75, 3.05) is 18.5 Å². The molecule has 0 radical (unpaired) electrons. The number of hydrogen-bond acceptors (Lipinski definition) is 4. The van der Waals surface area contributed by atoms with E-state index in [0.29, 0.717) is 12.2 Å². The highest BCUT2D eigenvalue weighted by molar-refractivity contribution is 7.84. The zero-order valence-corrected chi connectivity index (χ0v) is 9.43. The van der Waals surface area contributed by atoms with Gasteiger partial charge < -0.3 is 11.1 Å². The summed E-state index contributed by atoms with van der Waals surface area (Å²) >= 11 is 0. The Morgan fingerprint density at radius 2 is 2.47 bits per heavy atom. The quantitative estimate of drug-likeness (QED) is 0.648. The lowest BCUT2D eigenvalue weighted by molar-refractivity contribution is 0.0950. The number of rotatable bonds is 4. The molecular weight excluding hydrogens is 216 g/mol. The summed E-state index contributed by atoms with van der Waals surface area (Å²) in [6, 6.07) is 0. The summed E-state index contributed by atoms with van der Waals surface area (Å²) in [5.74, 6) is -0.331. The van der Waals surface area contributed by atoms with Crippen LogP contribution in [0.5, 0.6) is 0 Å². The topological polar surface area (TPSA) is 101 Å². The lowest BCUT2D eigenvalue weighted by Gasteiger charge is -2.09. The first-order chi connectivity index (χ1) is 7.02. The molecule has 7 heteroatoms. The van der Waals surface area contributed by atoms with E-state index in [2.05, 4.69) is 15.5 Å². The number of amides is 1. The summed E-state index contributed by atoms with van der Waals surface area (Å²) in [4.78, 5) is 11.5. The van der Waals surface area contributed by atoms with Crippen LogP contribution in [0.3, 0.4) is 0 Å². The minimum absolute atomic E-state index is 0.0851. The maximum absolute atomic E-state index is 11.5. The maximum atomic E-state index is 11.5. The van der Waals surface area contributed by atoms with E-state index in [4.69, 9.17) is 5.73 Å². The zero-order chi connectivity index (χ0) is 11.4. The number of aromatic amines is 1. The number of nitrogens with zero attached hydrogens (tertiary/aromatic N) is 1. The third kappa shape index (κ3) is 3.05. The summed E-state index contributed by atoms with van der Waals surface area (Å²) in [7, 11) is -0.951. The van der Waals surface area contributed by atoms with E-state index in [1.165, 1.54) is 6.20 Å². The van der Waals surface area contributed by atoms with Crippen LogP contribution < -0.4 is 11.1 Å². The molecule has 0 aliphatic heterocycles. The summed E-state index contributed by atoms with van der Waals surface area (Å²) in [5, 5.41) is 8.67. The monoisotopic (exact) mass is 230 g/mol. The average Bonchev–Trinajstić information content (AvgIpc) is 2.60. The van der Waals surface area contributed by atoms with Gasteiger partial charge in [0.1, 0.15) is 5.69 Å². The highest BCUT2D eigenvalue weighted by atomic mass is 32.2. The predicted octanol–water partition coefficient (Wildman–Crippen LogP) is -0.511. The minimum Gasteiger partial charge on any atom is -0.396 e. The SMILES string of the molecule is CC(CNC(=O)c1[nH]ncc1N)S(C)=O. The van der Waals surface area contributed by atoms with E-state index >= 15 is 0 Å². The molecule has 0 bridgehead atoms. The summed E-state index contributed by atoms with van der Waals surface area (Å²) < 4.78 is 11.0. The standard InChI is InChI=1S/C8H14N4O2S/c1-5(15(2)14)3-10-8(13)7-6(9)4-11-12-7/h4-5H,3,9H2,1-2H3,(H,10,13)(H,11,12). The highest BCUT2D eigenvalue weighted by Crippen LogP contribution is 2.05. The second kappa shape index (κ2) is 4.92. The Morgan fingerprint density at radius 3 is 2.93 bits per heavy atom. The van der Waals surface area contributed by atoms with Gasteiger partial charge in [-0.05, 0) is 6.92 Å². The van der Waals surface area contributed by atoms with Crippen molar-refractivity contribution in [3.05, 3.63) is 11.9 Å². The molecular formula is C8H14N4O2S. The predicted molar refractivity (Wildman–Crippen MR) is 58.9 cm³/mol. The van der Waals surface area contributed by atoms with Crippen molar-refractivity contribution in [1.82, 2.24) is 15.5 Å². The molecule has 0 spiro atoms. The van der Waals surface area contributed by atoms with E-state index in [1.807, 2.05) is 0 Å². The van der Waals surface area contributed by atoms with Crippen LogP contribution in [0.2, 0.25) is 0 Å². The van der Waals surface area contributed by atoms with Gasteiger partial charge in [0.25, 0.3) is 5.91 Å². The summed E-state index contributed by atoms with van der Waals surface area (Å²) in [6.45, 7) is 2.15. The van der Waals surface area contributed by atoms with Gasteiger partial charge in [-0.25, -0.2) is 0 Å². The van der Waals surface area contributed by atoms with Gasteiger partial charge in [-0.2, -0.15) is 5.10 Å². The third-order valence-corrected chi connectivity index (χ3v) is 3.31. The number of aromatic nitrogens is 2. The van der Waals surface area contributed by atoms with Crippen molar-refractivity contribution in [2.45, 2.75) is 12.2 Å². The molecule has 0 fully saturated rings. The van der Waals surface area contributed by atoms with Crippen LogP contribution in [0, 0.1) is 0 Å². The molecule has 1 aromatic heterocycles. The van der Waals surface area contributed by atoms with Crippen LogP contribution in [0.15, 0.2) is 6.20 Å². The van der Waals surface area contributed by atoms with Crippen LogP contribution >= 0.6 is 0 Å². The van der Waals surface area contributed by atoms with Crippen LogP contribution in [-0.4, -0.2) is 38.4 Å². The van der Waals surface area contributed by atoms with Crippen molar-refractivity contribution in [2.24, 2.45) is 0 Å². The number of nitrogen functional groups attached to an aromatic ring is 1. The van der Waals surface area contributed by atoms with Crippen molar-refractivity contribution >= 4 is 22.4 Å². The number of nitrogens with one attached hydrogen (secondary N) is 2. The minimum atomic E-state index is -0.951. The molecule has 15 heavy (non-hydrogen) atoms. The number of carbonyl (C=O) groups is 1. The first-order valence-electron chi connectivity index (χ1n) is 4.41. The molecule has 0 aliphatic rings. The maximum Gasteiger partial charge on any atom is 0.271 e. The number of anilines is 1. The molecule has 2 atom stereocenters. The van der Waals surface area contributed by atoms with Gasteiger partial charge in [0.05, 0.1) is 11.9 Å². The van der Waals surface area contributed by atoms with Crippen molar-refractivity contribution in [1.29, 1.82) is 0 Å². The van der Waals surface area contributed by atoms with E-state index < -0.39 is 10.8 Å². The van der Waals surface area contributed by atoms with Gasteiger partial charge in [-0.1, -0.05) is 0 Å². The fraction of sp³-hybridized carbons (Fsp3) is 0.500. The molecule has 0 saturated heterocycles. The second-order valence-corrected chi connectivity index (χ2v) is 5.02. The van der Waals surface area contributed by atoms with Crippen molar-refractivity contribution in [3.8, 4) is 0 Å². The van der Waals surface area contributed by atoms with Gasteiger partial charge in [0.2, 0.25) is 0 Å². The number of hydrogen-bond donors (Lipinski definition) is 3. The van der Waals surface area contributed by atoms with Gasteiger partial charge in [-0.3, -0.25) is 14.1 Å². The third-order valence-electron chi connectivity index (χ3n) is 2.01. The van der Waals surface area contributed by atoms with Crippen molar-refractivity contribution in [3.63, 3.8) is 0 Å². The average molecular weight is 230 g/mol. The number of carbonyl (C=O) groups excluding carboxylic acids is 1. The van der Waals surface area contributed by atoms with E-state index in [-0.39, 0.29) is 16.9 Å². The molecule has 84 valence electrons. The fourth-order valence-corrected chi connectivity index (χ4v) is 1.24. The van der Waals surface area contributed by atoms with Crippen LogP contribution in [-0.2, 0) is 10.8 Å². The summed E-state index contributed by atoms with van der Waals surface area (Å²) in [6.07, 6.45) is 2.97. The molecule has 2 unspecified atom stereocenters. The fourth-order valence-electron chi connectivity index (χ4n) is 0.920. The molecule has 0 aromatic carbocycles. The smallest absolute Gasteiger partial charge is 0.271 e. The lowest BCUT2D eigenvalue weighted by Crippen LogP contribution is -2.33. The first kappa shape index (κ1) is 11.7. The van der Waals surface area contributed by atoms with Crippen LogP contribution in [0.25, 0.3) is 0 Å². The molecule has 1 amide bonds. The van der Waals surface area contributed by atoms with E-state index in [0.717, 1.165) is 0 Å². The molecule has 1 heterocycles. The lowest BCUT2D eigenvalue weighted by atomic mass is 10.3.